The van der Waals surface area contributed by atoms with E-state index >= 15 is 0 Å². The first-order valence-corrected chi connectivity index (χ1v) is 7.48. The van der Waals surface area contributed by atoms with E-state index < -0.39 is 0 Å². The number of likely N-dealkylation sites (N-methyl/N-ethyl adjacent to an activating group) is 1. The zero-order chi connectivity index (χ0) is 14.4. The van der Waals surface area contributed by atoms with E-state index in [0.717, 1.165) is 39.1 Å². The fourth-order valence-corrected chi connectivity index (χ4v) is 2.54. The van der Waals surface area contributed by atoms with Crippen molar-refractivity contribution >= 4 is 17.5 Å². The molecule has 20 heavy (non-hydrogen) atoms. The molecule has 1 heterocycles. The predicted octanol–water partition coefficient (Wildman–Crippen LogP) is 1.71. The molecule has 1 aromatic carbocycles. The highest BCUT2D eigenvalue weighted by Crippen LogP contribution is 2.14. The predicted molar refractivity (Wildman–Crippen MR) is 82.3 cm³/mol. The summed E-state index contributed by atoms with van der Waals surface area (Å²) in [6.07, 6.45) is 0.972. The fraction of sp³-hybridized carbons (Fsp3) is 0.533. The maximum Gasteiger partial charge on any atom is 0.252 e. The number of carbonyl (C=O) groups is 1. The van der Waals surface area contributed by atoms with Crippen LogP contribution in [0.25, 0.3) is 0 Å². The van der Waals surface area contributed by atoms with E-state index in [1.807, 2.05) is 12.1 Å². The van der Waals surface area contributed by atoms with Crippen molar-refractivity contribution in [3.63, 3.8) is 0 Å². The number of piperazine rings is 1. The quantitative estimate of drug-likeness (QED) is 0.840. The van der Waals surface area contributed by atoms with Crippen molar-refractivity contribution in [2.75, 3.05) is 46.3 Å². The molecule has 1 N–H and O–H groups in total. The Labute approximate surface area is 125 Å². The lowest BCUT2D eigenvalue weighted by Crippen LogP contribution is -2.45. The standard InChI is InChI=1S/C15H22ClN3O/c1-18-9-11-19(12-10-18)8-4-7-17-15(20)13-5-2-3-6-14(13)16/h2-3,5-6H,4,7-12H2,1H3,(H,17,20). The van der Waals surface area contributed by atoms with Gasteiger partial charge in [0, 0.05) is 32.7 Å². The van der Waals surface area contributed by atoms with E-state index in [4.69, 9.17) is 11.6 Å². The van der Waals surface area contributed by atoms with Gasteiger partial charge in [-0.1, -0.05) is 23.7 Å². The number of rotatable bonds is 5. The van der Waals surface area contributed by atoms with Crippen LogP contribution in [0.4, 0.5) is 0 Å². The van der Waals surface area contributed by atoms with Gasteiger partial charge >= 0.3 is 0 Å². The van der Waals surface area contributed by atoms with Crippen molar-refractivity contribution in [1.29, 1.82) is 0 Å². The number of hydrogen-bond donors (Lipinski definition) is 1. The van der Waals surface area contributed by atoms with Crippen LogP contribution >= 0.6 is 11.6 Å². The lowest BCUT2D eigenvalue weighted by Gasteiger charge is -2.32. The Morgan fingerprint density at radius 2 is 1.95 bits per heavy atom. The highest BCUT2D eigenvalue weighted by molar-refractivity contribution is 6.33. The lowest BCUT2D eigenvalue weighted by molar-refractivity contribution is 0.0949. The van der Waals surface area contributed by atoms with E-state index in [1.165, 1.54) is 0 Å². The third-order valence-electron chi connectivity index (χ3n) is 3.65. The van der Waals surface area contributed by atoms with Crippen molar-refractivity contribution in [2.24, 2.45) is 0 Å². The molecule has 110 valence electrons. The van der Waals surface area contributed by atoms with Crippen LogP contribution < -0.4 is 5.32 Å². The van der Waals surface area contributed by atoms with Gasteiger partial charge in [-0.3, -0.25) is 4.79 Å². The number of nitrogens with one attached hydrogen (secondary N) is 1. The van der Waals surface area contributed by atoms with E-state index in [1.54, 1.807) is 12.1 Å². The third kappa shape index (κ3) is 4.47. The zero-order valence-corrected chi connectivity index (χ0v) is 12.7. The molecule has 5 heteroatoms. The summed E-state index contributed by atoms with van der Waals surface area (Å²) in [5.74, 6) is -0.0889. The molecule has 0 bridgehead atoms. The molecule has 1 aromatic rings. The maximum atomic E-state index is 11.9. The van der Waals surface area contributed by atoms with Crippen LogP contribution in [-0.4, -0.2) is 62.0 Å². The summed E-state index contributed by atoms with van der Waals surface area (Å²) >= 11 is 5.99. The molecule has 0 saturated carbocycles. The van der Waals surface area contributed by atoms with E-state index in [0.29, 0.717) is 17.1 Å². The number of halogens is 1. The summed E-state index contributed by atoms with van der Waals surface area (Å²) in [7, 11) is 2.15. The van der Waals surface area contributed by atoms with Crippen LogP contribution in [-0.2, 0) is 0 Å². The van der Waals surface area contributed by atoms with Crippen LogP contribution in [0.3, 0.4) is 0 Å². The van der Waals surface area contributed by atoms with Gasteiger partial charge in [0.2, 0.25) is 0 Å². The summed E-state index contributed by atoms with van der Waals surface area (Å²) < 4.78 is 0. The Bertz CT molecular complexity index is 444. The molecule has 0 aliphatic carbocycles. The van der Waals surface area contributed by atoms with Crippen molar-refractivity contribution in [1.82, 2.24) is 15.1 Å². The number of hydrogen-bond acceptors (Lipinski definition) is 3. The molecule has 4 nitrogen and oxygen atoms in total. The van der Waals surface area contributed by atoms with Gasteiger partial charge in [-0.2, -0.15) is 0 Å². The van der Waals surface area contributed by atoms with Crippen molar-refractivity contribution in [3.05, 3.63) is 34.9 Å². The van der Waals surface area contributed by atoms with Gasteiger partial charge in [0.05, 0.1) is 10.6 Å². The Balaban J connectivity index is 1.66. The Hall–Kier alpha value is -1.10. The molecular weight excluding hydrogens is 274 g/mol. The normalized spacial score (nSPS) is 17.1. The molecule has 0 aromatic heterocycles. The SMILES string of the molecule is CN1CCN(CCCNC(=O)c2ccccc2Cl)CC1. The van der Waals surface area contributed by atoms with Crippen molar-refractivity contribution in [2.45, 2.75) is 6.42 Å². The Morgan fingerprint density at radius 3 is 2.65 bits per heavy atom. The summed E-state index contributed by atoms with van der Waals surface area (Å²) in [5.41, 5.74) is 0.550. The fourth-order valence-electron chi connectivity index (χ4n) is 2.32. The zero-order valence-electron chi connectivity index (χ0n) is 11.9. The molecule has 1 fully saturated rings. The molecular formula is C15H22ClN3O. The van der Waals surface area contributed by atoms with Crippen LogP contribution in [0.1, 0.15) is 16.8 Å². The summed E-state index contributed by atoms with van der Waals surface area (Å²) in [6.45, 7) is 6.23. The molecule has 0 unspecified atom stereocenters. The molecule has 1 aliphatic heterocycles. The van der Waals surface area contributed by atoms with E-state index in [-0.39, 0.29) is 5.91 Å². The molecule has 1 saturated heterocycles. The molecule has 2 rings (SSSR count). The monoisotopic (exact) mass is 295 g/mol. The number of benzene rings is 1. The second-order valence-corrected chi connectivity index (χ2v) is 5.64. The second kappa shape index (κ2) is 7.62. The Morgan fingerprint density at radius 1 is 1.25 bits per heavy atom. The molecule has 1 amide bonds. The number of nitrogens with zero attached hydrogens (tertiary/aromatic N) is 2. The summed E-state index contributed by atoms with van der Waals surface area (Å²) in [4.78, 5) is 16.7. The smallest absolute Gasteiger partial charge is 0.252 e. The topological polar surface area (TPSA) is 35.6 Å². The minimum Gasteiger partial charge on any atom is -0.352 e. The maximum absolute atomic E-state index is 11.9. The van der Waals surface area contributed by atoms with Gasteiger partial charge in [0.1, 0.15) is 0 Å². The minimum atomic E-state index is -0.0889. The summed E-state index contributed by atoms with van der Waals surface area (Å²) in [6, 6.07) is 7.14. The number of amides is 1. The highest BCUT2D eigenvalue weighted by atomic mass is 35.5. The van der Waals surface area contributed by atoms with E-state index in [2.05, 4.69) is 22.2 Å². The Kier molecular flexibility index (Phi) is 5.83. The van der Waals surface area contributed by atoms with Crippen molar-refractivity contribution < 1.29 is 4.79 Å². The van der Waals surface area contributed by atoms with Gasteiger partial charge in [0.25, 0.3) is 5.91 Å². The van der Waals surface area contributed by atoms with Gasteiger partial charge in [0.15, 0.2) is 0 Å². The molecule has 1 aliphatic rings. The highest BCUT2D eigenvalue weighted by Gasteiger charge is 2.13. The van der Waals surface area contributed by atoms with E-state index in [9.17, 15) is 4.79 Å². The molecule has 0 atom stereocenters. The largest absolute Gasteiger partial charge is 0.352 e. The van der Waals surface area contributed by atoms with Crippen LogP contribution in [0.2, 0.25) is 5.02 Å². The van der Waals surface area contributed by atoms with Gasteiger partial charge in [-0.25, -0.2) is 0 Å². The van der Waals surface area contributed by atoms with Gasteiger partial charge in [-0.15, -0.1) is 0 Å². The first-order chi connectivity index (χ1) is 9.66. The van der Waals surface area contributed by atoms with Crippen LogP contribution in [0.5, 0.6) is 0 Å². The summed E-state index contributed by atoms with van der Waals surface area (Å²) in [5, 5.41) is 3.43. The minimum absolute atomic E-state index is 0.0889. The first-order valence-electron chi connectivity index (χ1n) is 7.10. The van der Waals surface area contributed by atoms with Crippen LogP contribution in [0, 0.1) is 0 Å². The second-order valence-electron chi connectivity index (χ2n) is 5.23. The average Bonchev–Trinajstić information content (AvgIpc) is 2.46. The first kappa shape index (κ1) is 15.3. The molecule has 0 radical (unpaired) electrons. The lowest BCUT2D eigenvalue weighted by atomic mass is 10.2. The average molecular weight is 296 g/mol. The van der Waals surface area contributed by atoms with Gasteiger partial charge < -0.3 is 15.1 Å². The van der Waals surface area contributed by atoms with Crippen molar-refractivity contribution in [3.8, 4) is 0 Å². The number of carbonyl (C=O) groups excluding carboxylic acids is 1. The van der Waals surface area contributed by atoms with Gasteiger partial charge in [-0.05, 0) is 32.1 Å². The molecule has 0 spiro atoms. The van der Waals surface area contributed by atoms with Crippen LogP contribution in [0.15, 0.2) is 24.3 Å². The third-order valence-corrected chi connectivity index (χ3v) is 3.98.